The van der Waals surface area contributed by atoms with Crippen LogP contribution in [0.2, 0.25) is 0 Å². The van der Waals surface area contributed by atoms with Crippen LogP contribution in [0.25, 0.3) is 0 Å². The van der Waals surface area contributed by atoms with Crippen molar-refractivity contribution in [1.82, 2.24) is 5.32 Å². The van der Waals surface area contributed by atoms with Crippen molar-refractivity contribution in [2.24, 2.45) is 0 Å². The zero-order chi connectivity index (χ0) is 23.3. The van der Waals surface area contributed by atoms with Crippen LogP contribution in [0.5, 0.6) is 0 Å². The van der Waals surface area contributed by atoms with Gasteiger partial charge in [-0.15, -0.1) is 0 Å². The molecule has 2 aromatic carbocycles. The van der Waals surface area contributed by atoms with Gasteiger partial charge in [-0.1, -0.05) is 43.3 Å². The Hall–Kier alpha value is -3.19. The zero-order valence-corrected chi connectivity index (χ0v) is 19.1. The molecular formula is C26H31N3O4. The normalized spacial score (nSPS) is 16.9. The summed E-state index contributed by atoms with van der Waals surface area (Å²) in [5.74, 6) is -0.400. The van der Waals surface area contributed by atoms with Crippen LogP contribution in [0.1, 0.15) is 38.2 Å². The third-order valence-electron chi connectivity index (χ3n) is 6.49. The Morgan fingerprint density at radius 2 is 1.76 bits per heavy atom. The highest BCUT2D eigenvalue weighted by Gasteiger charge is 2.48. The fourth-order valence-electron chi connectivity index (χ4n) is 4.81. The number of hydrogen-bond acceptors (Lipinski definition) is 5. The lowest BCUT2D eigenvalue weighted by Gasteiger charge is -2.44. The van der Waals surface area contributed by atoms with Gasteiger partial charge in [0.1, 0.15) is 5.54 Å². The molecule has 0 saturated carbocycles. The largest absolute Gasteiger partial charge is 0.464 e. The topological polar surface area (TPSA) is 79.0 Å². The Kier molecular flexibility index (Phi) is 7.08. The molecule has 0 aliphatic carbocycles. The van der Waals surface area contributed by atoms with Gasteiger partial charge in [0.15, 0.2) is 0 Å². The number of ether oxygens (including phenoxy) is 1. The predicted molar refractivity (Wildman–Crippen MR) is 127 cm³/mol. The molecule has 2 aliphatic heterocycles. The number of esters is 1. The van der Waals surface area contributed by atoms with E-state index < -0.39 is 5.54 Å². The molecule has 1 N–H and O–H groups in total. The Morgan fingerprint density at radius 1 is 1.06 bits per heavy atom. The van der Waals surface area contributed by atoms with E-state index in [2.05, 4.69) is 5.32 Å². The van der Waals surface area contributed by atoms with Gasteiger partial charge >= 0.3 is 5.97 Å². The van der Waals surface area contributed by atoms with Crippen molar-refractivity contribution in [3.05, 3.63) is 60.2 Å². The van der Waals surface area contributed by atoms with Crippen LogP contribution in [0.4, 0.5) is 11.4 Å². The van der Waals surface area contributed by atoms with Gasteiger partial charge in [0.25, 0.3) is 0 Å². The Bertz CT molecular complexity index is 1000. The van der Waals surface area contributed by atoms with E-state index in [1.807, 2.05) is 61.5 Å². The number of carbonyl (C=O) groups is 3. The third kappa shape index (κ3) is 4.64. The molecule has 0 bridgehead atoms. The molecular weight excluding hydrogens is 418 g/mol. The van der Waals surface area contributed by atoms with Crippen molar-refractivity contribution < 1.29 is 19.1 Å². The molecule has 2 aromatic rings. The van der Waals surface area contributed by atoms with E-state index in [0.29, 0.717) is 57.4 Å². The Labute approximate surface area is 194 Å². The van der Waals surface area contributed by atoms with E-state index in [4.69, 9.17) is 4.74 Å². The highest BCUT2D eigenvalue weighted by atomic mass is 16.5. The number of anilines is 2. The number of para-hydroxylation sites is 2. The summed E-state index contributed by atoms with van der Waals surface area (Å²) >= 11 is 0. The van der Waals surface area contributed by atoms with Gasteiger partial charge in [0.05, 0.1) is 13.0 Å². The minimum absolute atomic E-state index is 0.0705. The standard InChI is InChI=1S/C26H31N3O4/c1-2-23(30)29(21-10-4-3-5-11-21)26(13-15-27-16-14-26)25(32)33-18-8-17-28-22-12-7-6-9-20(22)19-24(28)31/h3-7,9-12,27H,2,8,13-19H2,1H3. The van der Waals surface area contributed by atoms with Crippen molar-refractivity contribution in [2.75, 3.05) is 36.0 Å². The van der Waals surface area contributed by atoms with E-state index in [-0.39, 0.29) is 24.4 Å². The van der Waals surface area contributed by atoms with Gasteiger partial charge in [0, 0.05) is 24.3 Å². The molecule has 0 aromatic heterocycles. The lowest BCUT2D eigenvalue weighted by atomic mass is 9.85. The molecule has 2 amide bonds. The van der Waals surface area contributed by atoms with E-state index >= 15 is 0 Å². The van der Waals surface area contributed by atoms with Crippen LogP contribution >= 0.6 is 0 Å². The lowest BCUT2D eigenvalue weighted by molar-refractivity contribution is -0.153. The summed E-state index contributed by atoms with van der Waals surface area (Å²) in [4.78, 5) is 42.3. The second-order valence-electron chi connectivity index (χ2n) is 8.54. The molecule has 0 atom stereocenters. The quantitative estimate of drug-likeness (QED) is 0.495. The van der Waals surface area contributed by atoms with E-state index in [9.17, 15) is 14.4 Å². The number of amides is 2. The number of nitrogens with zero attached hydrogens (tertiary/aromatic N) is 2. The summed E-state index contributed by atoms with van der Waals surface area (Å²) in [5, 5.41) is 3.29. The van der Waals surface area contributed by atoms with Crippen molar-refractivity contribution in [2.45, 2.75) is 44.6 Å². The number of benzene rings is 2. The second kappa shape index (κ2) is 10.2. The number of rotatable bonds is 8. The maximum absolute atomic E-state index is 13.5. The Morgan fingerprint density at radius 3 is 2.48 bits per heavy atom. The van der Waals surface area contributed by atoms with Crippen molar-refractivity contribution in [3.63, 3.8) is 0 Å². The highest BCUT2D eigenvalue weighted by molar-refractivity contribution is 6.02. The van der Waals surface area contributed by atoms with Crippen molar-refractivity contribution in [3.8, 4) is 0 Å². The molecule has 33 heavy (non-hydrogen) atoms. The molecule has 0 radical (unpaired) electrons. The minimum Gasteiger partial charge on any atom is -0.464 e. The molecule has 1 fully saturated rings. The fraction of sp³-hybridized carbons (Fsp3) is 0.423. The molecule has 0 unspecified atom stereocenters. The first kappa shape index (κ1) is 23.0. The first-order valence-electron chi connectivity index (χ1n) is 11.7. The summed E-state index contributed by atoms with van der Waals surface area (Å²) in [6.45, 7) is 3.77. The van der Waals surface area contributed by atoms with Gasteiger partial charge in [0.2, 0.25) is 11.8 Å². The highest BCUT2D eigenvalue weighted by Crippen LogP contribution is 2.34. The summed E-state index contributed by atoms with van der Waals surface area (Å²) in [6, 6.07) is 17.1. The van der Waals surface area contributed by atoms with Crippen molar-refractivity contribution >= 4 is 29.2 Å². The minimum atomic E-state index is -1.03. The molecule has 2 heterocycles. The summed E-state index contributed by atoms with van der Waals surface area (Å²) in [6.07, 6.45) is 2.23. The van der Waals surface area contributed by atoms with E-state index in [1.54, 1.807) is 9.80 Å². The summed E-state index contributed by atoms with van der Waals surface area (Å²) in [5.41, 5.74) is 1.65. The average Bonchev–Trinajstić information content (AvgIpc) is 3.17. The average molecular weight is 450 g/mol. The van der Waals surface area contributed by atoms with Gasteiger partial charge in [-0.3, -0.25) is 14.5 Å². The summed E-state index contributed by atoms with van der Waals surface area (Å²) < 4.78 is 5.77. The molecule has 2 aliphatic rings. The summed E-state index contributed by atoms with van der Waals surface area (Å²) in [7, 11) is 0. The molecule has 174 valence electrons. The monoisotopic (exact) mass is 449 g/mol. The molecule has 7 nitrogen and oxygen atoms in total. The third-order valence-corrected chi connectivity index (χ3v) is 6.49. The fourth-order valence-corrected chi connectivity index (χ4v) is 4.81. The number of nitrogens with one attached hydrogen (secondary N) is 1. The van der Waals surface area contributed by atoms with Gasteiger partial charge in [-0.05, 0) is 56.1 Å². The van der Waals surface area contributed by atoms with E-state index in [1.165, 1.54) is 0 Å². The van der Waals surface area contributed by atoms with Gasteiger partial charge in [-0.2, -0.15) is 0 Å². The molecule has 7 heteroatoms. The maximum Gasteiger partial charge on any atom is 0.332 e. The lowest BCUT2D eigenvalue weighted by Crippen LogP contribution is -2.62. The Balaban J connectivity index is 1.46. The van der Waals surface area contributed by atoms with Crippen LogP contribution in [0.15, 0.2) is 54.6 Å². The SMILES string of the molecule is CCC(=O)N(c1ccccc1)C1(C(=O)OCCCN2C(=O)Cc3ccccc32)CCNCC1. The van der Waals surface area contributed by atoms with Crippen LogP contribution in [0, 0.1) is 0 Å². The zero-order valence-electron chi connectivity index (χ0n) is 19.1. The number of carbonyl (C=O) groups excluding carboxylic acids is 3. The molecule has 4 rings (SSSR count). The first-order valence-corrected chi connectivity index (χ1v) is 11.7. The van der Waals surface area contributed by atoms with Crippen LogP contribution in [-0.2, 0) is 25.5 Å². The number of fused-ring (bicyclic) bond motifs is 1. The molecule has 0 spiro atoms. The van der Waals surface area contributed by atoms with Crippen LogP contribution in [0.3, 0.4) is 0 Å². The number of piperidine rings is 1. The van der Waals surface area contributed by atoms with Crippen molar-refractivity contribution in [1.29, 1.82) is 0 Å². The van der Waals surface area contributed by atoms with Crippen LogP contribution in [-0.4, -0.2) is 49.6 Å². The van der Waals surface area contributed by atoms with Gasteiger partial charge in [-0.25, -0.2) is 4.79 Å². The van der Waals surface area contributed by atoms with Gasteiger partial charge < -0.3 is 15.0 Å². The first-order chi connectivity index (χ1) is 16.1. The maximum atomic E-state index is 13.5. The second-order valence-corrected chi connectivity index (χ2v) is 8.54. The smallest absolute Gasteiger partial charge is 0.332 e. The van der Waals surface area contributed by atoms with Crippen LogP contribution < -0.4 is 15.1 Å². The molecule has 1 saturated heterocycles. The predicted octanol–water partition coefficient (Wildman–Crippen LogP) is 3.07. The number of hydrogen-bond donors (Lipinski definition) is 1. The van der Waals surface area contributed by atoms with E-state index in [0.717, 1.165) is 11.3 Å².